The van der Waals surface area contributed by atoms with Crippen LogP contribution in [0.5, 0.6) is 5.75 Å². The van der Waals surface area contributed by atoms with E-state index < -0.39 is 18.0 Å². The number of hydrogen-bond acceptors (Lipinski definition) is 8. The molecule has 1 fully saturated rings. The number of methoxy groups -OCH3 is 1. The van der Waals surface area contributed by atoms with E-state index in [1.54, 1.807) is 6.07 Å². The van der Waals surface area contributed by atoms with Gasteiger partial charge in [-0.1, -0.05) is 0 Å². The summed E-state index contributed by atoms with van der Waals surface area (Å²) in [6, 6.07) is 8.42. The van der Waals surface area contributed by atoms with E-state index in [1.165, 1.54) is 37.2 Å². The molecule has 2 aliphatic rings. The molecular weight excluding hydrogens is 483 g/mol. The molecule has 0 unspecified atom stereocenters. The van der Waals surface area contributed by atoms with Gasteiger partial charge in [-0.2, -0.15) is 0 Å². The predicted octanol–water partition coefficient (Wildman–Crippen LogP) is 3.56. The monoisotopic (exact) mass is 512 g/mol. The van der Waals surface area contributed by atoms with Crippen molar-refractivity contribution in [1.82, 2.24) is 15.3 Å². The molecule has 3 heterocycles. The van der Waals surface area contributed by atoms with Gasteiger partial charge >= 0.3 is 0 Å². The summed E-state index contributed by atoms with van der Waals surface area (Å²) in [5.41, 5.74) is 1.75. The number of amides is 1. The summed E-state index contributed by atoms with van der Waals surface area (Å²) in [7, 11) is 1.44. The van der Waals surface area contributed by atoms with Crippen molar-refractivity contribution in [1.29, 1.82) is 0 Å². The molecular formula is C26H29FN4O4S. The Morgan fingerprint density at radius 3 is 2.81 bits per heavy atom. The molecule has 2 aromatic heterocycles. The van der Waals surface area contributed by atoms with Gasteiger partial charge in [0.05, 0.1) is 29.6 Å². The molecule has 190 valence electrons. The zero-order valence-electron chi connectivity index (χ0n) is 19.9. The van der Waals surface area contributed by atoms with Gasteiger partial charge in [-0.25, -0.2) is 9.37 Å². The quantitative estimate of drug-likeness (QED) is 0.380. The Morgan fingerprint density at radius 1 is 1.22 bits per heavy atom. The van der Waals surface area contributed by atoms with Crippen molar-refractivity contribution in [3.05, 3.63) is 53.6 Å². The van der Waals surface area contributed by atoms with Gasteiger partial charge < -0.3 is 25.6 Å². The molecule has 10 heteroatoms. The second-order valence-electron chi connectivity index (χ2n) is 9.32. The fourth-order valence-electron chi connectivity index (χ4n) is 5.08. The average Bonchev–Trinajstić information content (AvgIpc) is 2.90. The number of carbonyl (C=O) groups is 1. The van der Waals surface area contributed by atoms with Crippen LogP contribution in [-0.2, 0) is 11.3 Å². The summed E-state index contributed by atoms with van der Waals surface area (Å²) in [4.78, 5) is 21.4. The van der Waals surface area contributed by atoms with Crippen molar-refractivity contribution < 1.29 is 24.1 Å². The fourth-order valence-corrected chi connectivity index (χ4v) is 5.84. The molecule has 1 aliphatic heterocycles. The van der Waals surface area contributed by atoms with Crippen LogP contribution in [-0.4, -0.2) is 51.1 Å². The molecule has 8 nitrogen and oxygen atoms in total. The minimum Gasteiger partial charge on any atom is -0.494 e. The average molecular weight is 513 g/mol. The van der Waals surface area contributed by atoms with Gasteiger partial charge in [0, 0.05) is 30.2 Å². The molecule has 36 heavy (non-hydrogen) atoms. The summed E-state index contributed by atoms with van der Waals surface area (Å²) in [6.45, 7) is 0.588. The minimum absolute atomic E-state index is 0.0341. The molecule has 2 atom stereocenters. The van der Waals surface area contributed by atoms with Crippen LogP contribution in [0.2, 0.25) is 0 Å². The number of nitrogens with zero attached hydrogens (tertiary/aromatic N) is 2. The maximum absolute atomic E-state index is 14.1. The first-order chi connectivity index (χ1) is 17.4. The van der Waals surface area contributed by atoms with Crippen LogP contribution in [0.3, 0.4) is 0 Å². The topological polar surface area (TPSA) is 117 Å². The number of carbonyl (C=O) groups excluding carboxylic acids is 1. The van der Waals surface area contributed by atoms with Crippen LogP contribution >= 0.6 is 11.8 Å². The van der Waals surface area contributed by atoms with Gasteiger partial charge in [0.2, 0.25) is 5.91 Å². The van der Waals surface area contributed by atoms with Crippen LogP contribution in [0.25, 0.3) is 10.9 Å². The first-order valence-corrected chi connectivity index (χ1v) is 13.1. The number of halogens is 1. The smallest absolute Gasteiger partial charge is 0.235 e. The van der Waals surface area contributed by atoms with Crippen LogP contribution in [0.15, 0.2) is 41.4 Å². The summed E-state index contributed by atoms with van der Waals surface area (Å²) in [5, 5.41) is 28.8. The Bertz CT molecular complexity index is 1270. The summed E-state index contributed by atoms with van der Waals surface area (Å²) in [5.74, 6) is 0.723. The van der Waals surface area contributed by atoms with E-state index in [0.29, 0.717) is 34.6 Å². The highest BCUT2D eigenvalue weighted by Gasteiger charge is 2.32. The summed E-state index contributed by atoms with van der Waals surface area (Å²) < 4.78 is 19.4. The van der Waals surface area contributed by atoms with Crippen LogP contribution in [0.4, 0.5) is 10.2 Å². The van der Waals surface area contributed by atoms with Crippen LogP contribution < -0.4 is 15.4 Å². The number of hydrogen-bond donors (Lipinski definition) is 4. The molecule has 1 amide bonds. The second kappa shape index (κ2) is 10.7. The van der Waals surface area contributed by atoms with Gasteiger partial charge in [0.15, 0.2) is 0 Å². The van der Waals surface area contributed by atoms with E-state index in [2.05, 4.69) is 20.6 Å². The van der Waals surface area contributed by atoms with Crippen molar-refractivity contribution in [3.8, 4) is 5.75 Å². The Kier molecular flexibility index (Phi) is 7.38. The second-order valence-corrected chi connectivity index (χ2v) is 10.3. The number of aromatic nitrogens is 2. The Morgan fingerprint density at radius 2 is 2.03 bits per heavy atom. The maximum Gasteiger partial charge on any atom is 0.235 e. The fraction of sp³-hybridized carbons (Fsp3) is 0.423. The highest BCUT2D eigenvalue weighted by atomic mass is 32.2. The normalized spacial score (nSPS) is 21.5. The zero-order valence-corrected chi connectivity index (χ0v) is 20.7. The molecule has 1 aromatic carbocycles. The van der Waals surface area contributed by atoms with E-state index in [9.17, 15) is 19.4 Å². The molecule has 0 spiro atoms. The van der Waals surface area contributed by atoms with Gasteiger partial charge in [0.25, 0.3) is 0 Å². The molecule has 1 aliphatic carbocycles. The van der Waals surface area contributed by atoms with Crippen molar-refractivity contribution >= 4 is 34.4 Å². The van der Waals surface area contributed by atoms with Gasteiger partial charge in [0.1, 0.15) is 29.0 Å². The van der Waals surface area contributed by atoms with Gasteiger partial charge in [-0.15, -0.1) is 11.8 Å². The van der Waals surface area contributed by atoms with Crippen LogP contribution in [0, 0.1) is 11.7 Å². The number of anilines is 1. The number of benzene rings is 1. The lowest BCUT2D eigenvalue weighted by Gasteiger charge is -2.34. The third-order valence-corrected chi connectivity index (χ3v) is 8.08. The largest absolute Gasteiger partial charge is 0.494 e. The lowest BCUT2D eigenvalue weighted by Crippen LogP contribution is -2.37. The third-order valence-electron chi connectivity index (χ3n) is 7.03. The number of aliphatic hydroxyl groups is 2. The van der Waals surface area contributed by atoms with Crippen molar-refractivity contribution in [2.45, 2.75) is 55.4 Å². The Hall–Kier alpha value is -2.79. The third kappa shape index (κ3) is 5.17. The number of nitrogens with one attached hydrogen (secondary N) is 2. The number of thioether (sulfide) groups is 1. The maximum atomic E-state index is 14.1. The van der Waals surface area contributed by atoms with Gasteiger partial charge in [-0.05, 0) is 61.4 Å². The lowest BCUT2D eigenvalue weighted by atomic mass is 9.79. The number of pyridine rings is 2. The first-order valence-electron chi connectivity index (χ1n) is 12.1. The summed E-state index contributed by atoms with van der Waals surface area (Å²) in [6.07, 6.45) is 2.60. The minimum atomic E-state index is -1.16. The number of ether oxygens (including phenoxy) is 1. The number of aliphatic hydroxyl groups excluding tert-OH is 2. The number of rotatable bonds is 7. The van der Waals surface area contributed by atoms with Crippen molar-refractivity contribution in [2.24, 2.45) is 5.92 Å². The summed E-state index contributed by atoms with van der Waals surface area (Å²) >= 11 is 1.49. The lowest BCUT2D eigenvalue weighted by molar-refractivity contribution is -0.113. The zero-order chi connectivity index (χ0) is 25.2. The molecule has 0 saturated heterocycles. The SMILES string of the molecule is COc1cc(F)cc2c([C@@H](O)[C@H](O)C3CCC(NCc4ccc5c(n4)NC(=O)CS5)CC3)ccnc12. The van der Waals surface area contributed by atoms with E-state index >= 15 is 0 Å². The van der Waals surface area contributed by atoms with Crippen molar-refractivity contribution in [2.75, 3.05) is 18.2 Å². The predicted molar refractivity (Wildman–Crippen MR) is 135 cm³/mol. The standard InChI is InChI=1S/C26H29FN4O4S/c1-35-20-11-15(27)10-19-18(8-9-28-23(19)20)25(34)24(33)14-2-4-16(5-3-14)29-12-17-6-7-21-26(30-17)31-22(32)13-36-21/h6-11,14,16,24-25,29,33-34H,2-5,12-13H2,1H3,(H,30,31,32)/t14?,16?,24-,25-/m1/s1. The van der Waals surface area contributed by atoms with E-state index in [-0.39, 0.29) is 23.6 Å². The highest BCUT2D eigenvalue weighted by molar-refractivity contribution is 8.00. The molecule has 0 bridgehead atoms. The molecule has 5 rings (SSSR count). The molecule has 4 N–H and O–H groups in total. The van der Waals surface area contributed by atoms with Crippen LogP contribution in [0.1, 0.15) is 43.0 Å². The molecule has 0 radical (unpaired) electrons. The van der Waals surface area contributed by atoms with E-state index in [1.807, 2.05) is 12.1 Å². The highest BCUT2D eigenvalue weighted by Crippen LogP contribution is 2.37. The van der Waals surface area contributed by atoms with Crippen molar-refractivity contribution in [3.63, 3.8) is 0 Å². The first kappa shape index (κ1) is 24.9. The Labute approximate surface area is 212 Å². The van der Waals surface area contributed by atoms with E-state index in [4.69, 9.17) is 4.74 Å². The molecule has 1 saturated carbocycles. The molecule has 3 aromatic rings. The van der Waals surface area contributed by atoms with Gasteiger partial charge in [-0.3, -0.25) is 9.78 Å². The van der Waals surface area contributed by atoms with E-state index in [0.717, 1.165) is 36.3 Å². The number of fused-ring (bicyclic) bond motifs is 2. The Balaban J connectivity index is 1.19.